The van der Waals surface area contributed by atoms with E-state index in [0.29, 0.717) is 6.04 Å². The van der Waals surface area contributed by atoms with Crippen LogP contribution in [0.15, 0.2) is 29.2 Å². The molecule has 1 aromatic carbocycles. The highest BCUT2D eigenvalue weighted by Crippen LogP contribution is 2.34. The van der Waals surface area contributed by atoms with Gasteiger partial charge < -0.3 is 0 Å². The summed E-state index contributed by atoms with van der Waals surface area (Å²) < 4.78 is 0. The fraction of sp³-hybridized carbons (Fsp3) is 0.500. The van der Waals surface area contributed by atoms with Gasteiger partial charge in [0.25, 0.3) is 0 Å². The molecular weight excluding hydrogens is 204 g/mol. The van der Waals surface area contributed by atoms with Crippen LogP contribution in [0.25, 0.3) is 0 Å². The van der Waals surface area contributed by atoms with Gasteiger partial charge in [-0.2, -0.15) is 0 Å². The first kappa shape index (κ1) is 11.0. The van der Waals surface area contributed by atoms with Gasteiger partial charge in [-0.15, -0.1) is 11.8 Å². The molecule has 0 amide bonds. The Balaban J connectivity index is 1.86. The number of hydrogen-bond acceptors (Lipinski definition) is 3. The van der Waals surface area contributed by atoms with Crippen LogP contribution in [0.5, 0.6) is 0 Å². The first-order valence-corrected chi connectivity index (χ1v) is 6.44. The van der Waals surface area contributed by atoms with E-state index < -0.39 is 0 Å². The van der Waals surface area contributed by atoms with Crippen LogP contribution in [0, 0.1) is 12.8 Å². The molecule has 0 radical (unpaired) electrons. The quantitative estimate of drug-likeness (QED) is 0.456. The number of nitrogens with one attached hydrogen (secondary N) is 1. The summed E-state index contributed by atoms with van der Waals surface area (Å²) in [7, 11) is 0. The molecule has 1 aliphatic rings. The van der Waals surface area contributed by atoms with E-state index in [1.165, 1.54) is 23.3 Å². The van der Waals surface area contributed by atoms with E-state index >= 15 is 0 Å². The first-order chi connectivity index (χ1) is 7.29. The first-order valence-electron chi connectivity index (χ1n) is 5.45. The Morgan fingerprint density at radius 1 is 1.53 bits per heavy atom. The molecule has 1 saturated carbocycles. The third-order valence-corrected chi connectivity index (χ3v) is 3.94. The van der Waals surface area contributed by atoms with Crippen molar-refractivity contribution in [2.75, 3.05) is 5.75 Å². The number of hydrazine groups is 1. The Hall–Kier alpha value is -0.510. The molecule has 2 rings (SSSR count). The number of thioether (sulfide) groups is 1. The summed E-state index contributed by atoms with van der Waals surface area (Å²) in [6.07, 6.45) is 2.67. The zero-order chi connectivity index (χ0) is 10.7. The largest absolute Gasteiger partial charge is 0.271 e. The van der Waals surface area contributed by atoms with E-state index in [0.717, 1.165) is 11.7 Å². The topological polar surface area (TPSA) is 38.0 Å². The number of aryl methyl sites for hydroxylation is 1. The number of hydrogen-bond donors (Lipinski definition) is 2. The lowest BCUT2D eigenvalue weighted by atomic mass is 10.2. The molecule has 1 aliphatic carbocycles. The van der Waals surface area contributed by atoms with E-state index in [1.807, 2.05) is 11.8 Å². The second-order valence-electron chi connectivity index (χ2n) is 4.24. The number of nitrogens with two attached hydrogens (primary N) is 1. The second-order valence-corrected chi connectivity index (χ2v) is 5.33. The highest BCUT2D eigenvalue weighted by atomic mass is 32.2. The highest BCUT2D eigenvalue weighted by Gasteiger charge is 2.30. The Morgan fingerprint density at radius 2 is 2.33 bits per heavy atom. The molecule has 0 bridgehead atoms. The molecule has 0 aliphatic heterocycles. The van der Waals surface area contributed by atoms with Crippen LogP contribution in [-0.2, 0) is 0 Å². The van der Waals surface area contributed by atoms with Crippen LogP contribution in [0.3, 0.4) is 0 Å². The minimum absolute atomic E-state index is 0.482. The van der Waals surface area contributed by atoms with Crippen LogP contribution in [0.2, 0.25) is 0 Å². The van der Waals surface area contributed by atoms with Crippen molar-refractivity contribution in [1.29, 1.82) is 0 Å². The van der Waals surface area contributed by atoms with Crippen LogP contribution < -0.4 is 11.3 Å². The molecule has 0 aromatic heterocycles. The smallest absolute Gasteiger partial charge is 0.0332 e. The monoisotopic (exact) mass is 222 g/mol. The Labute approximate surface area is 95.6 Å². The van der Waals surface area contributed by atoms with Gasteiger partial charge in [0.05, 0.1) is 0 Å². The standard InChI is InChI=1S/C12H18N2S/c1-9-3-2-4-11(7-9)15-8-12(14-13)10-5-6-10/h2-4,7,10,12,14H,5-6,8,13H2,1H3. The molecule has 3 heteroatoms. The zero-order valence-electron chi connectivity index (χ0n) is 9.07. The number of rotatable bonds is 5. The minimum atomic E-state index is 0.482. The SMILES string of the molecule is Cc1cccc(SCC(NN)C2CC2)c1. The van der Waals surface area contributed by atoms with E-state index in [2.05, 4.69) is 36.6 Å². The van der Waals surface area contributed by atoms with Crippen molar-refractivity contribution in [3.8, 4) is 0 Å². The normalized spacial score (nSPS) is 17.7. The second kappa shape index (κ2) is 5.01. The summed E-state index contributed by atoms with van der Waals surface area (Å²) in [6.45, 7) is 2.13. The van der Waals surface area contributed by atoms with Crippen LogP contribution in [0.1, 0.15) is 18.4 Å². The molecule has 0 spiro atoms. The van der Waals surface area contributed by atoms with E-state index in [4.69, 9.17) is 5.84 Å². The Morgan fingerprint density at radius 3 is 2.93 bits per heavy atom. The summed E-state index contributed by atoms with van der Waals surface area (Å²) in [5, 5.41) is 0. The average Bonchev–Trinajstić information content (AvgIpc) is 3.03. The molecule has 82 valence electrons. The van der Waals surface area contributed by atoms with Crippen molar-refractivity contribution in [2.24, 2.45) is 11.8 Å². The Kier molecular flexibility index (Phi) is 3.67. The summed E-state index contributed by atoms with van der Waals surface area (Å²) in [5.74, 6) is 7.43. The maximum Gasteiger partial charge on any atom is 0.0332 e. The third-order valence-electron chi connectivity index (χ3n) is 2.82. The molecule has 0 heterocycles. The third kappa shape index (κ3) is 3.23. The van der Waals surface area contributed by atoms with Crippen molar-refractivity contribution >= 4 is 11.8 Å². The van der Waals surface area contributed by atoms with Gasteiger partial charge in [-0.3, -0.25) is 11.3 Å². The van der Waals surface area contributed by atoms with Crippen molar-refractivity contribution in [3.63, 3.8) is 0 Å². The molecule has 0 saturated heterocycles. The molecular formula is C12H18N2S. The van der Waals surface area contributed by atoms with E-state index in [1.54, 1.807) is 0 Å². The maximum absolute atomic E-state index is 5.54. The van der Waals surface area contributed by atoms with Gasteiger partial charge in [-0.25, -0.2) is 0 Å². The summed E-state index contributed by atoms with van der Waals surface area (Å²) >= 11 is 1.89. The van der Waals surface area contributed by atoms with Crippen molar-refractivity contribution < 1.29 is 0 Å². The van der Waals surface area contributed by atoms with Crippen molar-refractivity contribution in [1.82, 2.24) is 5.43 Å². The van der Waals surface area contributed by atoms with Gasteiger partial charge in [0, 0.05) is 16.7 Å². The van der Waals surface area contributed by atoms with Gasteiger partial charge in [0.15, 0.2) is 0 Å². The molecule has 1 unspecified atom stereocenters. The van der Waals surface area contributed by atoms with Crippen molar-refractivity contribution in [2.45, 2.75) is 30.7 Å². The zero-order valence-corrected chi connectivity index (χ0v) is 9.89. The lowest BCUT2D eigenvalue weighted by Crippen LogP contribution is -2.38. The molecule has 1 atom stereocenters. The predicted molar refractivity (Wildman–Crippen MR) is 65.7 cm³/mol. The van der Waals surface area contributed by atoms with E-state index in [-0.39, 0.29) is 0 Å². The van der Waals surface area contributed by atoms with Gasteiger partial charge >= 0.3 is 0 Å². The molecule has 2 nitrogen and oxygen atoms in total. The molecule has 1 fully saturated rings. The molecule has 1 aromatic rings. The predicted octanol–water partition coefficient (Wildman–Crippen LogP) is 2.33. The van der Waals surface area contributed by atoms with Gasteiger partial charge in [0.1, 0.15) is 0 Å². The van der Waals surface area contributed by atoms with Crippen molar-refractivity contribution in [3.05, 3.63) is 29.8 Å². The molecule has 3 N–H and O–H groups in total. The minimum Gasteiger partial charge on any atom is -0.271 e. The average molecular weight is 222 g/mol. The van der Waals surface area contributed by atoms with Crippen LogP contribution in [0.4, 0.5) is 0 Å². The number of benzene rings is 1. The van der Waals surface area contributed by atoms with Crippen LogP contribution >= 0.6 is 11.8 Å². The summed E-state index contributed by atoms with van der Waals surface area (Å²) in [6, 6.07) is 9.11. The fourth-order valence-electron chi connectivity index (χ4n) is 1.71. The van der Waals surface area contributed by atoms with Gasteiger partial charge in [0.2, 0.25) is 0 Å². The maximum atomic E-state index is 5.54. The molecule has 15 heavy (non-hydrogen) atoms. The lowest BCUT2D eigenvalue weighted by molar-refractivity contribution is 0.520. The summed E-state index contributed by atoms with van der Waals surface area (Å²) in [4.78, 5) is 1.34. The van der Waals surface area contributed by atoms with Crippen LogP contribution in [-0.4, -0.2) is 11.8 Å². The van der Waals surface area contributed by atoms with Gasteiger partial charge in [-0.05, 0) is 37.8 Å². The fourth-order valence-corrected chi connectivity index (χ4v) is 2.89. The highest BCUT2D eigenvalue weighted by molar-refractivity contribution is 7.99. The van der Waals surface area contributed by atoms with Gasteiger partial charge in [-0.1, -0.05) is 17.7 Å². The summed E-state index contributed by atoms with van der Waals surface area (Å²) in [5.41, 5.74) is 4.25. The van der Waals surface area contributed by atoms with E-state index in [9.17, 15) is 0 Å². The Bertz CT molecular complexity index is 323. The lowest BCUT2D eigenvalue weighted by Gasteiger charge is -2.14.